The molecule has 1 aromatic rings. The van der Waals surface area contributed by atoms with E-state index in [1.807, 2.05) is 0 Å². The highest BCUT2D eigenvalue weighted by atomic mass is 16.7. The van der Waals surface area contributed by atoms with E-state index in [9.17, 15) is 14.4 Å². The van der Waals surface area contributed by atoms with E-state index in [2.05, 4.69) is 0 Å². The van der Waals surface area contributed by atoms with Crippen molar-refractivity contribution in [1.29, 1.82) is 0 Å². The standard InChI is InChI=1S/C15H13NO4/c17-12-9-4-1-2-5-10(9)13(18)16(12)20-14(19)11-8-15(11)6-3-7-15/h1-2,4-5,11H,3,6-8H2. The third kappa shape index (κ3) is 1.40. The lowest BCUT2D eigenvalue weighted by Crippen LogP contribution is -2.34. The third-order valence-electron chi connectivity index (χ3n) is 4.76. The summed E-state index contributed by atoms with van der Waals surface area (Å²) in [6.07, 6.45) is 4.08. The molecule has 1 aromatic carbocycles. The van der Waals surface area contributed by atoms with Crippen LogP contribution >= 0.6 is 0 Å². The van der Waals surface area contributed by atoms with Gasteiger partial charge in [-0.05, 0) is 36.8 Å². The fourth-order valence-corrected chi connectivity index (χ4v) is 3.27. The number of hydrogen-bond acceptors (Lipinski definition) is 4. The molecule has 0 bridgehead atoms. The van der Waals surface area contributed by atoms with Crippen molar-refractivity contribution in [3.8, 4) is 0 Å². The minimum Gasteiger partial charge on any atom is -0.329 e. The van der Waals surface area contributed by atoms with Gasteiger partial charge in [0.25, 0.3) is 11.8 Å². The molecular weight excluding hydrogens is 258 g/mol. The average molecular weight is 271 g/mol. The third-order valence-corrected chi connectivity index (χ3v) is 4.76. The maximum absolute atomic E-state index is 12.1. The Hall–Kier alpha value is -2.17. The van der Waals surface area contributed by atoms with Crippen molar-refractivity contribution in [2.75, 3.05) is 0 Å². The van der Waals surface area contributed by atoms with Crippen LogP contribution in [-0.2, 0) is 9.63 Å². The van der Waals surface area contributed by atoms with Crippen LogP contribution in [0.4, 0.5) is 0 Å². The molecule has 2 aliphatic carbocycles. The van der Waals surface area contributed by atoms with Gasteiger partial charge in [-0.3, -0.25) is 9.59 Å². The number of hydrogen-bond donors (Lipinski definition) is 0. The van der Waals surface area contributed by atoms with Gasteiger partial charge in [-0.25, -0.2) is 4.79 Å². The summed E-state index contributed by atoms with van der Waals surface area (Å²) in [5.74, 6) is -1.69. The Bertz CT molecular complexity index is 612. The van der Waals surface area contributed by atoms with Gasteiger partial charge in [-0.2, -0.15) is 0 Å². The van der Waals surface area contributed by atoms with Crippen LogP contribution < -0.4 is 0 Å². The second kappa shape index (κ2) is 3.69. The van der Waals surface area contributed by atoms with Crippen molar-refractivity contribution in [2.45, 2.75) is 25.7 Å². The highest BCUT2D eigenvalue weighted by molar-refractivity contribution is 6.20. The molecule has 2 amide bonds. The first-order valence-corrected chi connectivity index (χ1v) is 6.82. The molecule has 1 spiro atoms. The number of benzene rings is 1. The number of fused-ring (bicyclic) bond motifs is 1. The molecule has 102 valence electrons. The number of hydroxylamine groups is 2. The van der Waals surface area contributed by atoms with Gasteiger partial charge in [0.2, 0.25) is 0 Å². The molecule has 0 radical (unpaired) electrons. The molecule has 0 aromatic heterocycles. The van der Waals surface area contributed by atoms with Gasteiger partial charge in [0.1, 0.15) is 0 Å². The molecule has 5 nitrogen and oxygen atoms in total. The Morgan fingerprint density at radius 3 is 2.20 bits per heavy atom. The summed E-state index contributed by atoms with van der Waals surface area (Å²) >= 11 is 0. The van der Waals surface area contributed by atoms with Gasteiger partial charge in [0, 0.05) is 0 Å². The number of rotatable bonds is 2. The van der Waals surface area contributed by atoms with Crippen molar-refractivity contribution in [1.82, 2.24) is 5.06 Å². The van der Waals surface area contributed by atoms with Crippen molar-refractivity contribution < 1.29 is 19.2 Å². The van der Waals surface area contributed by atoms with E-state index in [1.54, 1.807) is 24.3 Å². The molecule has 1 atom stereocenters. The molecule has 1 heterocycles. The van der Waals surface area contributed by atoms with Crippen molar-refractivity contribution in [3.63, 3.8) is 0 Å². The van der Waals surface area contributed by atoms with Gasteiger partial charge in [0.05, 0.1) is 17.0 Å². The van der Waals surface area contributed by atoms with Gasteiger partial charge in [-0.1, -0.05) is 23.6 Å². The Kier molecular flexibility index (Phi) is 2.14. The number of amides is 2. The molecule has 4 rings (SSSR count). The first kappa shape index (κ1) is 11.6. The normalized spacial score (nSPS) is 25.4. The Morgan fingerprint density at radius 1 is 1.15 bits per heavy atom. The van der Waals surface area contributed by atoms with E-state index < -0.39 is 17.8 Å². The van der Waals surface area contributed by atoms with Crippen LogP contribution in [0.25, 0.3) is 0 Å². The van der Waals surface area contributed by atoms with Crippen LogP contribution in [0.1, 0.15) is 46.4 Å². The zero-order valence-corrected chi connectivity index (χ0v) is 10.8. The van der Waals surface area contributed by atoms with E-state index in [1.165, 1.54) is 0 Å². The lowest BCUT2D eigenvalue weighted by molar-refractivity contribution is -0.171. The largest absolute Gasteiger partial charge is 0.336 e. The van der Waals surface area contributed by atoms with E-state index in [-0.39, 0.29) is 11.3 Å². The molecule has 0 saturated heterocycles. The Morgan fingerprint density at radius 2 is 1.75 bits per heavy atom. The summed E-state index contributed by atoms with van der Waals surface area (Å²) in [4.78, 5) is 41.2. The molecule has 5 heteroatoms. The van der Waals surface area contributed by atoms with E-state index in [0.29, 0.717) is 16.2 Å². The second-order valence-electron chi connectivity index (χ2n) is 5.83. The van der Waals surface area contributed by atoms with Crippen LogP contribution in [0.2, 0.25) is 0 Å². The van der Waals surface area contributed by atoms with Crippen molar-refractivity contribution in [2.24, 2.45) is 11.3 Å². The number of carbonyl (C=O) groups excluding carboxylic acids is 3. The first-order chi connectivity index (χ1) is 9.62. The second-order valence-corrected chi connectivity index (χ2v) is 5.83. The summed E-state index contributed by atoms with van der Waals surface area (Å²) < 4.78 is 0. The molecule has 3 aliphatic rings. The predicted octanol–water partition coefficient (Wildman–Crippen LogP) is 1.93. The van der Waals surface area contributed by atoms with Crippen LogP contribution in [0, 0.1) is 11.3 Å². The maximum Gasteiger partial charge on any atom is 0.336 e. The van der Waals surface area contributed by atoms with Gasteiger partial charge >= 0.3 is 5.97 Å². The zero-order chi connectivity index (χ0) is 13.9. The maximum atomic E-state index is 12.1. The quantitative estimate of drug-likeness (QED) is 0.771. The topological polar surface area (TPSA) is 63.7 Å². The fraction of sp³-hybridized carbons (Fsp3) is 0.400. The summed E-state index contributed by atoms with van der Waals surface area (Å²) in [6, 6.07) is 6.49. The predicted molar refractivity (Wildman–Crippen MR) is 67.4 cm³/mol. The van der Waals surface area contributed by atoms with Gasteiger partial charge < -0.3 is 4.84 Å². The number of nitrogens with zero attached hydrogens (tertiary/aromatic N) is 1. The fourth-order valence-electron chi connectivity index (χ4n) is 3.27. The summed E-state index contributed by atoms with van der Waals surface area (Å²) in [7, 11) is 0. The number of carbonyl (C=O) groups is 3. The van der Waals surface area contributed by atoms with Crippen LogP contribution in [0.3, 0.4) is 0 Å². The molecule has 0 N–H and O–H groups in total. The summed E-state index contributed by atoms with van der Waals surface area (Å²) in [6.45, 7) is 0. The summed E-state index contributed by atoms with van der Waals surface area (Å²) in [5.41, 5.74) is 0.703. The summed E-state index contributed by atoms with van der Waals surface area (Å²) in [5, 5.41) is 0.609. The molecule has 1 aliphatic heterocycles. The molecule has 2 saturated carbocycles. The van der Waals surface area contributed by atoms with Gasteiger partial charge in [-0.15, -0.1) is 0 Å². The SMILES string of the molecule is O=C(ON1C(=O)c2ccccc2C1=O)C1CC12CCC2. The van der Waals surface area contributed by atoms with Gasteiger partial charge in [0.15, 0.2) is 0 Å². The monoisotopic (exact) mass is 271 g/mol. The van der Waals surface area contributed by atoms with E-state index >= 15 is 0 Å². The molecular formula is C15H13NO4. The molecule has 20 heavy (non-hydrogen) atoms. The minimum absolute atomic E-state index is 0.121. The Balaban J connectivity index is 1.52. The van der Waals surface area contributed by atoms with Crippen LogP contribution in [-0.4, -0.2) is 22.8 Å². The van der Waals surface area contributed by atoms with E-state index in [4.69, 9.17) is 4.84 Å². The first-order valence-electron chi connectivity index (χ1n) is 6.82. The average Bonchev–Trinajstić information content (AvgIpc) is 3.14. The van der Waals surface area contributed by atoms with E-state index in [0.717, 1.165) is 25.7 Å². The molecule has 1 unspecified atom stereocenters. The lowest BCUT2D eigenvalue weighted by Gasteiger charge is -2.26. The zero-order valence-electron chi connectivity index (χ0n) is 10.8. The van der Waals surface area contributed by atoms with Crippen LogP contribution in [0.5, 0.6) is 0 Å². The number of imide groups is 1. The smallest absolute Gasteiger partial charge is 0.329 e. The van der Waals surface area contributed by atoms with Crippen molar-refractivity contribution in [3.05, 3.63) is 35.4 Å². The Labute approximate surface area is 115 Å². The van der Waals surface area contributed by atoms with Crippen LogP contribution in [0.15, 0.2) is 24.3 Å². The minimum atomic E-state index is -0.553. The lowest BCUT2D eigenvalue weighted by atomic mass is 9.80. The highest BCUT2D eigenvalue weighted by Gasteiger charge is 2.62. The highest BCUT2D eigenvalue weighted by Crippen LogP contribution is 2.65. The van der Waals surface area contributed by atoms with Crippen molar-refractivity contribution >= 4 is 17.8 Å². The molecule has 2 fully saturated rings.